The summed E-state index contributed by atoms with van der Waals surface area (Å²) in [5, 5.41) is 5.65. The van der Waals surface area contributed by atoms with Crippen LogP contribution in [0.15, 0.2) is 29.1 Å². The third-order valence-electron chi connectivity index (χ3n) is 4.28. The molecule has 0 bridgehead atoms. The molecule has 3 rings (SSSR count). The van der Waals surface area contributed by atoms with Crippen LogP contribution in [-0.4, -0.2) is 45.9 Å². The number of hydrogen-bond donors (Lipinski definition) is 0. The first kappa shape index (κ1) is 15.7. The van der Waals surface area contributed by atoms with Crippen LogP contribution in [0.4, 0.5) is 0 Å². The Hall–Kier alpha value is -2.21. The van der Waals surface area contributed by atoms with Crippen molar-refractivity contribution in [3.05, 3.63) is 40.3 Å². The quantitative estimate of drug-likeness (QED) is 0.833. The maximum Gasteiger partial charge on any atom is 0.274 e. The van der Waals surface area contributed by atoms with E-state index in [0.717, 1.165) is 5.39 Å². The highest BCUT2D eigenvalue weighted by molar-refractivity contribution is 5.88. The lowest BCUT2D eigenvalue weighted by molar-refractivity contribution is -0.142. The molecule has 0 saturated carbocycles. The Bertz CT molecular complexity index is 799. The number of hydrogen-bond acceptors (Lipinski definition) is 4. The average Bonchev–Trinajstić information content (AvgIpc) is 2.54. The zero-order chi connectivity index (χ0) is 16.6. The number of amides is 1. The maximum absolute atomic E-state index is 12.7. The second kappa shape index (κ2) is 6.12. The first-order chi connectivity index (χ1) is 11.0. The number of ether oxygens (including phenoxy) is 1. The third kappa shape index (κ3) is 2.99. The monoisotopic (exact) mass is 315 g/mol. The molecule has 2 heterocycles. The molecule has 0 N–H and O–H groups in total. The standard InChI is InChI=1S/C17H21N3O3/c1-11-10-23-12(2)9-20(11)16(21)8-15-13-6-4-5-7-14(13)17(22)19(3)18-15/h4-7,11-12H,8-10H2,1-3H3/t11-,12+/m1/s1. The van der Waals surface area contributed by atoms with Crippen molar-refractivity contribution >= 4 is 16.7 Å². The highest BCUT2D eigenvalue weighted by Gasteiger charge is 2.28. The number of carbonyl (C=O) groups is 1. The predicted molar refractivity (Wildman–Crippen MR) is 87.3 cm³/mol. The molecule has 1 aliphatic rings. The fourth-order valence-electron chi connectivity index (χ4n) is 3.00. The largest absolute Gasteiger partial charge is 0.375 e. The molecule has 0 unspecified atom stereocenters. The van der Waals surface area contributed by atoms with Crippen molar-refractivity contribution in [1.82, 2.24) is 14.7 Å². The molecule has 1 saturated heterocycles. The Morgan fingerprint density at radius 1 is 1.30 bits per heavy atom. The van der Waals surface area contributed by atoms with E-state index in [1.807, 2.05) is 36.9 Å². The SMILES string of the molecule is C[C@@H]1CO[C@@H](C)CN1C(=O)Cc1nn(C)c(=O)c2ccccc12. The third-order valence-corrected chi connectivity index (χ3v) is 4.28. The molecule has 1 aliphatic heterocycles. The molecule has 6 nitrogen and oxygen atoms in total. The van der Waals surface area contributed by atoms with Gasteiger partial charge in [-0.3, -0.25) is 9.59 Å². The Morgan fingerprint density at radius 2 is 2.00 bits per heavy atom. The molecule has 23 heavy (non-hydrogen) atoms. The fraction of sp³-hybridized carbons (Fsp3) is 0.471. The second-order valence-corrected chi connectivity index (χ2v) is 6.14. The molecule has 1 fully saturated rings. The molecular formula is C17H21N3O3. The average molecular weight is 315 g/mol. The zero-order valence-corrected chi connectivity index (χ0v) is 13.7. The number of benzene rings is 1. The van der Waals surface area contributed by atoms with Crippen LogP contribution in [0.3, 0.4) is 0 Å². The van der Waals surface area contributed by atoms with Crippen LogP contribution in [0.25, 0.3) is 10.8 Å². The molecule has 122 valence electrons. The summed E-state index contributed by atoms with van der Waals surface area (Å²) in [6.07, 6.45) is 0.228. The highest BCUT2D eigenvalue weighted by atomic mass is 16.5. The summed E-state index contributed by atoms with van der Waals surface area (Å²) >= 11 is 0. The molecule has 1 amide bonds. The van der Waals surface area contributed by atoms with Gasteiger partial charge in [0.15, 0.2) is 0 Å². The molecular weight excluding hydrogens is 294 g/mol. The van der Waals surface area contributed by atoms with Crippen LogP contribution in [0.5, 0.6) is 0 Å². The fourth-order valence-corrected chi connectivity index (χ4v) is 3.00. The summed E-state index contributed by atoms with van der Waals surface area (Å²) < 4.78 is 6.87. The lowest BCUT2D eigenvalue weighted by atomic mass is 10.1. The summed E-state index contributed by atoms with van der Waals surface area (Å²) in [5.74, 6) is 0.0175. The second-order valence-electron chi connectivity index (χ2n) is 6.14. The van der Waals surface area contributed by atoms with Crippen LogP contribution in [0.1, 0.15) is 19.5 Å². The molecule has 2 atom stereocenters. The van der Waals surface area contributed by atoms with E-state index in [1.54, 1.807) is 13.1 Å². The minimum atomic E-state index is -0.148. The Balaban J connectivity index is 1.94. The van der Waals surface area contributed by atoms with E-state index >= 15 is 0 Å². The molecule has 1 aromatic heterocycles. The van der Waals surface area contributed by atoms with E-state index in [-0.39, 0.29) is 30.0 Å². The van der Waals surface area contributed by atoms with E-state index in [2.05, 4.69) is 5.10 Å². The first-order valence-corrected chi connectivity index (χ1v) is 7.83. The lowest BCUT2D eigenvalue weighted by Crippen LogP contribution is -2.50. The molecule has 0 aliphatic carbocycles. The van der Waals surface area contributed by atoms with Crippen molar-refractivity contribution in [3.8, 4) is 0 Å². The number of fused-ring (bicyclic) bond motifs is 1. The number of rotatable bonds is 2. The smallest absolute Gasteiger partial charge is 0.274 e. The first-order valence-electron chi connectivity index (χ1n) is 7.83. The number of carbonyl (C=O) groups excluding carboxylic acids is 1. The van der Waals surface area contributed by atoms with Crippen molar-refractivity contribution in [1.29, 1.82) is 0 Å². The van der Waals surface area contributed by atoms with Gasteiger partial charge in [0.2, 0.25) is 5.91 Å². The van der Waals surface area contributed by atoms with Gasteiger partial charge in [-0.1, -0.05) is 18.2 Å². The summed E-state index contributed by atoms with van der Waals surface area (Å²) in [7, 11) is 1.61. The van der Waals surface area contributed by atoms with E-state index in [9.17, 15) is 9.59 Å². The minimum absolute atomic E-state index is 0.0175. The van der Waals surface area contributed by atoms with Crippen LogP contribution >= 0.6 is 0 Å². The zero-order valence-electron chi connectivity index (χ0n) is 13.7. The number of aromatic nitrogens is 2. The highest BCUT2D eigenvalue weighted by Crippen LogP contribution is 2.17. The van der Waals surface area contributed by atoms with Crippen LogP contribution in [0, 0.1) is 0 Å². The van der Waals surface area contributed by atoms with Crippen molar-refractivity contribution in [2.75, 3.05) is 13.2 Å². The Labute approximate surface area is 134 Å². The van der Waals surface area contributed by atoms with Crippen molar-refractivity contribution < 1.29 is 9.53 Å². The Morgan fingerprint density at radius 3 is 2.74 bits per heavy atom. The summed E-state index contributed by atoms with van der Waals surface area (Å²) in [6, 6.07) is 7.35. The maximum atomic E-state index is 12.7. The molecule has 1 aromatic carbocycles. The van der Waals surface area contributed by atoms with Crippen LogP contribution in [0.2, 0.25) is 0 Å². The van der Waals surface area contributed by atoms with Gasteiger partial charge in [-0.15, -0.1) is 0 Å². The van der Waals surface area contributed by atoms with E-state index in [0.29, 0.717) is 24.2 Å². The van der Waals surface area contributed by atoms with Gasteiger partial charge in [-0.05, 0) is 19.9 Å². The van der Waals surface area contributed by atoms with E-state index in [1.165, 1.54) is 4.68 Å². The van der Waals surface area contributed by atoms with Crippen LogP contribution in [-0.2, 0) is 23.0 Å². The van der Waals surface area contributed by atoms with E-state index in [4.69, 9.17) is 4.74 Å². The number of aryl methyl sites for hydroxylation is 1. The van der Waals surface area contributed by atoms with Gasteiger partial charge in [0.25, 0.3) is 5.56 Å². The predicted octanol–water partition coefficient (Wildman–Crippen LogP) is 1.11. The van der Waals surface area contributed by atoms with Gasteiger partial charge in [0.05, 0.1) is 36.3 Å². The van der Waals surface area contributed by atoms with E-state index < -0.39 is 0 Å². The molecule has 0 spiro atoms. The summed E-state index contributed by atoms with van der Waals surface area (Å²) in [5.41, 5.74) is 0.490. The minimum Gasteiger partial charge on any atom is -0.375 e. The van der Waals surface area contributed by atoms with Gasteiger partial charge in [-0.25, -0.2) is 4.68 Å². The molecule has 6 heteroatoms. The van der Waals surface area contributed by atoms with Crippen molar-refractivity contribution in [3.63, 3.8) is 0 Å². The van der Waals surface area contributed by atoms with Gasteiger partial charge in [0.1, 0.15) is 0 Å². The van der Waals surface area contributed by atoms with Crippen molar-refractivity contribution in [2.45, 2.75) is 32.4 Å². The van der Waals surface area contributed by atoms with Crippen molar-refractivity contribution in [2.24, 2.45) is 7.05 Å². The molecule has 0 radical (unpaired) electrons. The number of nitrogens with zero attached hydrogens (tertiary/aromatic N) is 3. The Kier molecular flexibility index (Phi) is 4.17. The topological polar surface area (TPSA) is 64.4 Å². The normalized spacial score (nSPS) is 21.6. The molecule has 2 aromatic rings. The summed E-state index contributed by atoms with van der Waals surface area (Å²) in [4.78, 5) is 26.7. The lowest BCUT2D eigenvalue weighted by Gasteiger charge is -2.36. The van der Waals surface area contributed by atoms with Gasteiger partial charge < -0.3 is 9.64 Å². The van der Waals surface area contributed by atoms with Gasteiger partial charge >= 0.3 is 0 Å². The number of morpholine rings is 1. The van der Waals surface area contributed by atoms with Crippen LogP contribution < -0.4 is 5.56 Å². The summed E-state index contributed by atoms with van der Waals surface area (Å²) in [6.45, 7) is 5.08. The van der Waals surface area contributed by atoms with Gasteiger partial charge in [0, 0.05) is 19.0 Å². The van der Waals surface area contributed by atoms with Gasteiger partial charge in [-0.2, -0.15) is 5.10 Å².